The number of amides is 2. The Labute approximate surface area is 156 Å². The van der Waals surface area contributed by atoms with Crippen LogP contribution in [0, 0.1) is 6.92 Å². The molecule has 0 radical (unpaired) electrons. The van der Waals surface area contributed by atoms with Crippen LogP contribution in [0.3, 0.4) is 0 Å². The molecule has 0 saturated carbocycles. The second-order valence-corrected chi connectivity index (χ2v) is 6.55. The fourth-order valence-electron chi connectivity index (χ4n) is 3.00. The van der Waals surface area contributed by atoms with Crippen LogP contribution in [0.15, 0.2) is 42.5 Å². The van der Waals surface area contributed by atoms with E-state index in [1.54, 1.807) is 7.11 Å². The molecular weight excluding hydrogens is 326 g/mol. The Morgan fingerprint density at radius 2 is 1.92 bits per heavy atom. The Bertz CT molecular complexity index is 744. The van der Waals surface area contributed by atoms with Crippen LogP contribution < -0.4 is 15.4 Å². The lowest BCUT2D eigenvalue weighted by Crippen LogP contribution is -2.37. The van der Waals surface area contributed by atoms with Crippen LogP contribution in [-0.2, 0) is 6.42 Å². The van der Waals surface area contributed by atoms with E-state index < -0.39 is 0 Å². The molecule has 1 unspecified atom stereocenters. The molecule has 0 aliphatic carbocycles. The minimum Gasteiger partial charge on any atom is -0.497 e. The first-order chi connectivity index (χ1) is 12.5. The predicted octanol–water partition coefficient (Wildman–Crippen LogP) is 3.99. The summed E-state index contributed by atoms with van der Waals surface area (Å²) in [5.41, 5.74) is 4.20. The second-order valence-electron chi connectivity index (χ2n) is 6.55. The Balaban J connectivity index is 2.06. The molecule has 0 bridgehead atoms. The van der Waals surface area contributed by atoms with Crippen molar-refractivity contribution in [3.05, 3.63) is 59.2 Å². The molecule has 0 aliphatic rings. The van der Waals surface area contributed by atoms with Crippen molar-refractivity contribution in [1.29, 1.82) is 0 Å². The number of carbonyl (C=O) groups excluding carboxylic acids is 1. The fourth-order valence-corrected chi connectivity index (χ4v) is 3.00. The summed E-state index contributed by atoms with van der Waals surface area (Å²) < 4.78 is 5.31. The Kier molecular flexibility index (Phi) is 7.04. The van der Waals surface area contributed by atoms with E-state index >= 15 is 0 Å². The highest BCUT2D eigenvalue weighted by atomic mass is 16.5. The number of methoxy groups -OCH3 is 1. The summed E-state index contributed by atoms with van der Waals surface area (Å²) in [4.78, 5) is 14.5. The number of benzene rings is 2. The minimum absolute atomic E-state index is 0.0540. The molecule has 0 heterocycles. The molecule has 140 valence electrons. The molecule has 2 aromatic rings. The van der Waals surface area contributed by atoms with Gasteiger partial charge in [0, 0.05) is 12.2 Å². The molecule has 0 fully saturated rings. The summed E-state index contributed by atoms with van der Waals surface area (Å²) in [6, 6.07) is 13.9. The van der Waals surface area contributed by atoms with Gasteiger partial charge in [0.2, 0.25) is 0 Å². The van der Waals surface area contributed by atoms with Gasteiger partial charge in [0.05, 0.1) is 13.2 Å². The van der Waals surface area contributed by atoms with Gasteiger partial charge in [-0.05, 0) is 56.3 Å². The molecule has 2 aromatic carbocycles. The van der Waals surface area contributed by atoms with E-state index in [1.807, 2.05) is 63.5 Å². The van der Waals surface area contributed by atoms with Crippen LogP contribution in [0.1, 0.15) is 29.7 Å². The quantitative estimate of drug-likeness (QED) is 0.789. The third kappa shape index (κ3) is 4.99. The van der Waals surface area contributed by atoms with Crippen LogP contribution in [0.25, 0.3) is 0 Å². The number of hydrogen-bond acceptors (Lipinski definition) is 3. The average molecular weight is 355 g/mol. The largest absolute Gasteiger partial charge is 0.497 e. The van der Waals surface area contributed by atoms with E-state index in [9.17, 15) is 4.79 Å². The first kappa shape index (κ1) is 19.8. The molecular formula is C21H29N3O2. The van der Waals surface area contributed by atoms with Gasteiger partial charge in [-0.1, -0.05) is 37.3 Å². The fraction of sp³-hybridized carbons (Fsp3) is 0.381. The lowest BCUT2D eigenvalue weighted by Gasteiger charge is -2.25. The highest BCUT2D eigenvalue weighted by Gasteiger charge is 2.16. The average Bonchev–Trinajstić information content (AvgIpc) is 2.63. The van der Waals surface area contributed by atoms with Gasteiger partial charge in [-0.3, -0.25) is 0 Å². The van der Waals surface area contributed by atoms with Crippen molar-refractivity contribution in [2.75, 3.05) is 33.1 Å². The normalized spacial score (nSPS) is 11.9. The third-order valence-corrected chi connectivity index (χ3v) is 4.54. The maximum absolute atomic E-state index is 12.4. The van der Waals surface area contributed by atoms with Gasteiger partial charge in [-0.15, -0.1) is 0 Å². The number of carbonyl (C=O) groups is 1. The molecule has 2 amide bonds. The van der Waals surface area contributed by atoms with Gasteiger partial charge >= 0.3 is 6.03 Å². The number of urea groups is 1. The highest BCUT2D eigenvalue weighted by molar-refractivity contribution is 5.91. The number of rotatable bonds is 7. The summed E-state index contributed by atoms with van der Waals surface area (Å²) >= 11 is 0. The van der Waals surface area contributed by atoms with Gasteiger partial charge in [0.15, 0.2) is 0 Å². The van der Waals surface area contributed by atoms with Crippen molar-refractivity contribution < 1.29 is 9.53 Å². The summed E-state index contributed by atoms with van der Waals surface area (Å²) in [6.45, 7) is 4.59. The van der Waals surface area contributed by atoms with Crippen LogP contribution in [-0.4, -0.2) is 38.7 Å². The van der Waals surface area contributed by atoms with Crippen molar-refractivity contribution in [2.24, 2.45) is 0 Å². The Morgan fingerprint density at radius 3 is 2.58 bits per heavy atom. The Morgan fingerprint density at radius 1 is 1.19 bits per heavy atom. The molecule has 0 saturated heterocycles. The smallest absolute Gasteiger partial charge is 0.319 e. The Hall–Kier alpha value is -2.53. The first-order valence-corrected chi connectivity index (χ1v) is 8.90. The molecule has 2 rings (SSSR count). The number of nitrogens with one attached hydrogen (secondary N) is 2. The van der Waals surface area contributed by atoms with Crippen LogP contribution >= 0.6 is 0 Å². The van der Waals surface area contributed by atoms with Crippen molar-refractivity contribution in [3.63, 3.8) is 0 Å². The molecule has 0 spiro atoms. The lowest BCUT2D eigenvalue weighted by atomic mass is 10.1. The molecule has 2 N–H and O–H groups in total. The summed E-state index contributed by atoms with van der Waals surface area (Å²) in [5, 5.41) is 6.00. The zero-order chi connectivity index (χ0) is 19.1. The van der Waals surface area contributed by atoms with E-state index in [-0.39, 0.29) is 12.1 Å². The third-order valence-electron chi connectivity index (χ3n) is 4.54. The number of likely N-dealkylation sites (N-methyl/N-ethyl adjacent to an activating group) is 1. The molecule has 1 atom stereocenters. The SMILES string of the molecule is CCc1cccc(C)c1NC(=O)NCC(c1cccc(OC)c1)N(C)C. The molecule has 0 aromatic heterocycles. The summed E-state index contributed by atoms with van der Waals surface area (Å²) in [7, 11) is 5.66. The number of hydrogen-bond donors (Lipinski definition) is 2. The number of aryl methyl sites for hydroxylation is 2. The predicted molar refractivity (Wildman–Crippen MR) is 107 cm³/mol. The monoisotopic (exact) mass is 355 g/mol. The molecule has 26 heavy (non-hydrogen) atoms. The van der Waals surface area contributed by atoms with Gasteiger partial charge in [0.1, 0.15) is 5.75 Å². The van der Waals surface area contributed by atoms with Crippen molar-refractivity contribution in [2.45, 2.75) is 26.3 Å². The molecule has 5 nitrogen and oxygen atoms in total. The molecule has 0 aliphatic heterocycles. The lowest BCUT2D eigenvalue weighted by molar-refractivity contribution is 0.243. The highest BCUT2D eigenvalue weighted by Crippen LogP contribution is 2.23. The van der Waals surface area contributed by atoms with Gasteiger partial charge < -0.3 is 20.3 Å². The van der Waals surface area contributed by atoms with Crippen LogP contribution in [0.5, 0.6) is 5.75 Å². The number of anilines is 1. The maximum atomic E-state index is 12.4. The van der Waals surface area contributed by atoms with E-state index in [2.05, 4.69) is 22.5 Å². The summed E-state index contributed by atoms with van der Waals surface area (Å²) in [6.07, 6.45) is 0.876. The van der Waals surface area contributed by atoms with Crippen molar-refractivity contribution in [3.8, 4) is 5.75 Å². The van der Waals surface area contributed by atoms with E-state index in [0.29, 0.717) is 6.54 Å². The number of para-hydroxylation sites is 1. The van der Waals surface area contributed by atoms with Gasteiger partial charge in [0.25, 0.3) is 0 Å². The maximum Gasteiger partial charge on any atom is 0.319 e. The zero-order valence-electron chi connectivity index (χ0n) is 16.3. The van der Waals surface area contributed by atoms with Crippen molar-refractivity contribution in [1.82, 2.24) is 10.2 Å². The van der Waals surface area contributed by atoms with E-state index in [4.69, 9.17) is 4.74 Å². The van der Waals surface area contributed by atoms with E-state index in [1.165, 1.54) is 0 Å². The number of nitrogens with zero attached hydrogens (tertiary/aromatic N) is 1. The van der Waals surface area contributed by atoms with Crippen LogP contribution in [0.4, 0.5) is 10.5 Å². The first-order valence-electron chi connectivity index (χ1n) is 8.90. The number of ether oxygens (including phenoxy) is 1. The minimum atomic E-state index is -0.191. The molecule has 5 heteroatoms. The topological polar surface area (TPSA) is 53.6 Å². The van der Waals surface area contributed by atoms with Crippen molar-refractivity contribution >= 4 is 11.7 Å². The van der Waals surface area contributed by atoms with Gasteiger partial charge in [-0.2, -0.15) is 0 Å². The second kappa shape index (κ2) is 9.25. The van der Waals surface area contributed by atoms with E-state index in [0.717, 1.165) is 34.5 Å². The van der Waals surface area contributed by atoms with Gasteiger partial charge in [-0.25, -0.2) is 4.79 Å². The standard InChI is InChI=1S/C21H29N3O2/c1-6-16-10-7-9-15(2)20(16)23-21(25)22-14-19(24(3)4)17-11-8-12-18(13-17)26-5/h7-13,19H,6,14H2,1-5H3,(H2,22,23,25). The van der Waals surface area contributed by atoms with Crippen LogP contribution in [0.2, 0.25) is 0 Å². The summed E-state index contributed by atoms with van der Waals surface area (Å²) in [5.74, 6) is 0.811. The zero-order valence-corrected chi connectivity index (χ0v) is 16.3.